The summed E-state index contributed by atoms with van der Waals surface area (Å²) in [5, 5.41) is 1.11. The molecule has 1 aromatic heterocycles. The fraction of sp³-hybridized carbons (Fsp3) is 0.267. The fourth-order valence-corrected chi connectivity index (χ4v) is 5.58. The van der Waals surface area contributed by atoms with Crippen molar-refractivity contribution in [2.24, 2.45) is 0 Å². The predicted octanol–water partition coefficient (Wildman–Crippen LogP) is 6.17. The molecule has 3 aromatic carbocycles. The van der Waals surface area contributed by atoms with E-state index in [9.17, 15) is 9.59 Å². The molecule has 3 amide bonds. The Morgan fingerprint density at radius 1 is 0.972 bits per heavy atom. The molecule has 4 aromatic rings. The number of carbonyl (C=O) groups excluding carboxylic acids is 2. The number of amides is 3. The van der Waals surface area contributed by atoms with Gasteiger partial charge in [-0.3, -0.25) is 9.69 Å². The summed E-state index contributed by atoms with van der Waals surface area (Å²) in [6, 6.07) is 22.5. The van der Waals surface area contributed by atoms with E-state index < -0.39 is 6.04 Å². The Hall–Kier alpha value is -4.06. The summed E-state index contributed by atoms with van der Waals surface area (Å²) >= 11 is 0. The molecule has 6 nitrogen and oxygen atoms in total. The van der Waals surface area contributed by atoms with Gasteiger partial charge in [0.25, 0.3) is 5.91 Å². The van der Waals surface area contributed by atoms with Gasteiger partial charge in [0.1, 0.15) is 17.8 Å². The summed E-state index contributed by atoms with van der Waals surface area (Å²) in [6.07, 6.45) is 0.484. The molecular weight excluding hydrogens is 450 g/mol. The van der Waals surface area contributed by atoms with Crippen LogP contribution in [0.4, 0.5) is 10.5 Å². The molecule has 6 heteroatoms. The first-order valence-electron chi connectivity index (χ1n) is 12.6. The molecule has 0 spiro atoms. The van der Waals surface area contributed by atoms with Crippen LogP contribution in [0.2, 0.25) is 0 Å². The average molecular weight is 480 g/mol. The minimum absolute atomic E-state index is 0.191. The zero-order chi connectivity index (χ0) is 25.0. The first-order valence-corrected chi connectivity index (χ1v) is 12.6. The maximum Gasteiger partial charge on any atom is 0.332 e. The highest BCUT2D eigenvalue weighted by Crippen LogP contribution is 2.45. The van der Waals surface area contributed by atoms with E-state index in [1.807, 2.05) is 25.1 Å². The van der Waals surface area contributed by atoms with E-state index in [4.69, 9.17) is 4.74 Å². The number of hydrogen-bond donors (Lipinski definition) is 1. The lowest BCUT2D eigenvalue weighted by atomic mass is 9.88. The highest BCUT2D eigenvalue weighted by Gasteiger charge is 2.53. The van der Waals surface area contributed by atoms with Gasteiger partial charge in [0, 0.05) is 23.0 Å². The maximum atomic E-state index is 13.9. The number of carbonyl (C=O) groups is 2. The first kappa shape index (κ1) is 22.4. The number of nitrogens with zero attached hydrogens (tertiary/aromatic N) is 2. The Kier molecular flexibility index (Phi) is 5.32. The van der Waals surface area contributed by atoms with E-state index >= 15 is 0 Å². The molecule has 6 rings (SSSR count). The highest BCUT2D eigenvalue weighted by atomic mass is 16.5. The number of aromatic amines is 1. The Labute approximate surface area is 210 Å². The SMILES string of the molecule is CCOc1ccc(N2C(=O)[C@@H]3Cc4c([nH]c5ccccc45)[C@H](c4ccc(C(C)C)cc4)N3C2=O)cc1. The maximum absolute atomic E-state index is 13.9. The van der Waals surface area contributed by atoms with Crippen molar-refractivity contribution >= 4 is 28.5 Å². The minimum atomic E-state index is -0.564. The molecule has 0 unspecified atom stereocenters. The quantitative estimate of drug-likeness (QED) is 0.348. The number of nitrogens with one attached hydrogen (secondary N) is 1. The van der Waals surface area contributed by atoms with E-state index in [-0.39, 0.29) is 18.0 Å². The largest absolute Gasteiger partial charge is 0.494 e. The number of urea groups is 1. The van der Waals surface area contributed by atoms with Crippen molar-refractivity contribution in [3.05, 3.63) is 95.2 Å². The zero-order valence-corrected chi connectivity index (χ0v) is 20.7. The van der Waals surface area contributed by atoms with Crippen molar-refractivity contribution in [1.29, 1.82) is 0 Å². The monoisotopic (exact) mass is 479 g/mol. The van der Waals surface area contributed by atoms with Gasteiger partial charge < -0.3 is 9.72 Å². The third-order valence-corrected chi connectivity index (χ3v) is 7.37. The first-order chi connectivity index (χ1) is 17.5. The average Bonchev–Trinajstić information content (AvgIpc) is 3.38. The molecule has 36 heavy (non-hydrogen) atoms. The highest BCUT2D eigenvalue weighted by molar-refractivity contribution is 6.22. The molecule has 1 fully saturated rings. The third kappa shape index (κ3) is 3.40. The van der Waals surface area contributed by atoms with Crippen LogP contribution in [0.1, 0.15) is 55.1 Å². The number of rotatable bonds is 5. The molecule has 2 aliphatic rings. The van der Waals surface area contributed by atoms with Crippen molar-refractivity contribution in [3.63, 3.8) is 0 Å². The van der Waals surface area contributed by atoms with E-state index in [1.54, 1.807) is 29.2 Å². The molecule has 0 bridgehead atoms. The Bertz CT molecular complexity index is 1450. The predicted molar refractivity (Wildman–Crippen MR) is 140 cm³/mol. The van der Waals surface area contributed by atoms with E-state index in [0.717, 1.165) is 27.7 Å². The number of para-hydroxylation sites is 1. The van der Waals surface area contributed by atoms with Crippen LogP contribution in [0.3, 0.4) is 0 Å². The molecule has 2 aliphatic heterocycles. The van der Waals surface area contributed by atoms with Gasteiger partial charge >= 0.3 is 6.03 Å². The number of anilines is 1. The molecule has 2 atom stereocenters. The summed E-state index contributed by atoms with van der Waals surface area (Å²) in [6.45, 7) is 6.81. The number of ether oxygens (including phenoxy) is 1. The van der Waals surface area contributed by atoms with Gasteiger partial charge in [-0.15, -0.1) is 0 Å². The van der Waals surface area contributed by atoms with Crippen LogP contribution in [0.25, 0.3) is 10.9 Å². The lowest BCUT2D eigenvalue weighted by Gasteiger charge is -2.36. The van der Waals surface area contributed by atoms with Gasteiger partial charge in [-0.2, -0.15) is 0 Å². The smallest absolute Gasteiger partial charge is 0.332 e. The van der Waals surface area contributed by atoms with Crippen LogP contribution in [-0.2, 0) is 11.2 Å². The van der Waals surface area contributed by atoms with Crippen LogP contribution in [0.15, 0.2) is 72.8 Å². The van der Waals surface area contributed by atoms with Gasteiger partial charge in [0.2, 0.25) is 0 Å². The van der Waals surface area contributed by atoms with E-state index in [2.05, 4.69) is 49.2 Å². The molecular formula is C30H29N3O3. The number of fused-ring (bicyclic) bond motifs is 4. The number of hydrogen-bond acceptors (Lipinski definition) is 3. The van der Waals surface area contributed by atoms with Gasteiger partial charge in [0.05, 0.1) is 12.3 Å². The van der Waals surface area contributed by atoms with Crippen molar-refractivity contribution < 1.29 is 14.3 Å². The van der Waals surface area contributed by atoms with Gasteiger partial charge in [-0.1, -0.05) is 56.3 Å². The zero-order valence-electron chi connectivity index (χ0n) is 20.7. The fourth-order valence-electron chi connectivity index (χ4n) is 5.58. The second kappa shape index (κ2) is 8.55. The Morgan fingerprint density at radius 3 is 2.39 bits per heavy atom. The van der Waals surface area contributed by atoms with Crippen molar-refractivity contribution in [2.45, 2.75) is 45.2 Å². The third-order valence-electron chi connectivity index (χ3n) is 7.37. The van der Waals surface area contributed by atoms with E-state index in [1.165, 1.54) is 10.5 Å². The summed E-state index contributed by atoms with van der Waals surface area (Å²) in [5.74, 6) is 0.929. The second-order valence-corrected chi connectivity index (χ2v) is 9.80. The van der Waals surface area contributed by atoms with Crippen molar-refractivity contribution in [1.82, 2.24) is 9.88 Å². The summed E-state index contributed by atoms with van der Waals surface area (Å²) in [5.41, 5.74) is 5.91. The summed E-state index contributed by atoms with van der Waals surface area (Å²) < 4.78 is 5.54. The summed E-state index contributed by atoms with van der Waals surface area (Å²) in [4.78, 5) is 34.4. The summed E-state index contributed by atoms with van der Waals surface area (Å²) in [7, 11) is 0. The van der Waals surface area contributed by atoms with Crippen molar-refractivity contribution in [3.8, 4) is 5.75 Å². The standard InChI is InChI=1S/C30H29N3O3/c1-4-36-22-15-13-21(14-16-22)32-29(34)26-17-24-23-7-5-6-8-25(23)31-27(24)28(33(26)30(32)35)20-11-9-19(10-12-20)18(2)3/h5-16,18,26,28,31H,4,17H2,1-3H3/t26-,28-/m0/s1. The molecule has 0 aliphatic carbocycles. The number of aromatic nitrogens is 1. The Balaban J connectivity index is 1.47. The number of H-pyrrole nitrogens is 1. The van der Waals surface area contributed by atoms with Gasteiger partial charge in [0.15, 0.2) is 0 Å². The molecule has 0 radical (unpaired) electrons. The lowest BCUT2D eigenvalue weighted by Crippen LogP contribution is -2.44. The van der Waals surface area contributed by atoms with Crippen LogP contribution in [-0.4, -0.2) is 34.5 Å². The number of benzene rings is 3. The van der Waals surface area contributed by atoms with Crippen molar-refractivity contribution in [2.75, 3.05) is 11.5 Å². The molecule has 3 heterocycles. The van der Waals surface area contributed by atoms with E-state index in [0.29, 0.717) is 30.4 Å². The minimum Gasteiger partial charge on any atom is -0.494 e. The second-order valence-electron chi connectivity index (χ2n) is 9.80. The molecule has 1 N–H and O–H groups in total. The van der Waals surface area contributed by atoms with Crippen LogP contribution in [0, 0.1) is 0 Å². The topological polar surface area (TPSA) is 65.6 Å². The molecule has 1 saturated heterocycles. The number of imide groups is 1. The van der Waals surface area contributed by atoms with Crippen LogP contribution in [0.5, 0.6) is 5.75 Å². The molecule has 182 valence electrons. The molecule has 0 saturated carbocycles. The lowest BCUT2D eigenvalue weighted by molar-refractivity contribution is -0.120. The Morgan fingerprint density at radius 2 is 1.69 bits per heavy atom. The van der Waals surface area contributed by atoms with Crippen LogP contribution >= 0.6 is 0 Å². The van der Waals surface area contributed by atoms with Gasteiger partial charge in [-0.25, -0.2) is 9.69 Å². The van der Waals surface area contributed by atoms with Gasteiger partial charge in [-0.05, 0) is 59.9 Å². The van der Waals surface area contributed by atoms with Crippen LogP contribution < -0.4 is 9.64 Å². The normalized spacial score (nSPS) is 19.2.